The van der Waals surface area contributed by atoms with Gasteiger partial charge in [-0.15, -0.1) is 0 Å². The highest BCUT2D eigenvalue weighted by Crippen LogP contribution is 2.32. The van der Waals surface area contributed by atoms with Crippen LogP contribution in [0.15, 0.2) is 65.1 Å². The molecule has 2 amide bonds. The summed E-state index contributed by atoms with van der Waals surface area (Å²) in [5.74, 6) is -1.82. The molecule has 0 spiro atoms. The molecule has 1 heterocycles. The highest BCUT2D eigenvalue weighted by atomic mass is 79.9. The Morgan fingerprint density at radius 1 is 1.13 bits per heavy atom. The third-order valence-corrected chi connectivity index (χ3v) is 6.30. The molecule has 0 aromatic heterocycles. The Kier molecular flexibility index (Phi) is 6.25. The van der Waals surface area contributed by atoms with E-state index in [1.165, 1.54) is 0 Å². The molecule has 0 saturated carbocycles. The fourth-order valence-electron chi connectivity index (χ4n) is 3.57. The molecule has 0 radical (unpaired) electrons. The van der Waals surface area contributed by atoms with Crippen LogP contribution in [0.5, 0.6) is 0 Å². The van der Waals surface area contributed by atoms with Crippen LogP contribution < -0.4 is 10.2 Å². The van der Waals surface area contributed by atoms with Crippen molar-refractivity contribution in [3.05, 3.63) is 70.2 Å². The average molecular weight is 502 g/mol. The minimum atomic E-state index is -0.624. The Bertz CT molecular complexity index is 1180. The van der Waals surface area contributed by atoms with Crippen molar-refractivity contribution in [2.24, 2.45) is 5.92 Å². The normalized spacial score (nSPS) is 15.9. The second kappa shape index (κ2) is 9.08. The van der Waals surface area contributed by atoms with Crippen LogP contribution in [0, 0.1) is 5.92 Å². The average Bonchev–Trinajstić information content (AvgIpc) is 3.15. The third kappa shape index (κ3) is 4.73. The topological polar surface area (TPSA) is 75.7 Å². The van der Waals surface area contributed by atoms with Gasteiger partial charge in [0.15, 0.2) is 6.61 Å². The molecular formula is C23H18BrClN2O4. The molecule has 6 nitrogen and oxygen atoms in total. The minimum absolute atomic E-state index is 0.0476. The zero-order valence-electron chi connectivity index (χ0n) is 16.3. The first kappa shape index (κ1) is 21.3. The smallest absolute Gasteiger partial charge is 0.311 e. The van der Waals surface area contributed by atoms with Crippen molar-refractivity contribution in [2.75, 3.05) is 23.4 Å². The summed E-state index contributed by atoms with van der Waals surface area (Å²) in [5, 5.41) is 5.03. The van der Waals surface area contributed by atoms with Crippen molar-refractivity contribution in [1.82, 2.24) is 0 Å². The lowest BCUT2D eigenvalue weighted by molar-refractivity contribution is -0.151. The number of fused-ring (bicyclic) bond motifs is 1. The zero-order chi connectivity index (χ0) is 22.0. The molecule has 1 N–H and O–H groups in total. The van der Waals surface area contributed by atoms with E-state index in [0.29, 0.717) is 15.2 Å². The SMILES string of the molecule is O=C(COC(=O)[C@@H]1CC(=O)N(c2cccc3ccccc23)C1)Nc1ccc(Br)c(Cl)c1. The third-order valence-electron chi connectivity index (χ3n) is 5.06. The fraction of sp³-hybridized carbons (Fsp3) is 0.174. The second-order valence-corrected chi connectivity index (χ2v) is 8.45. The quantitative estimate of drug-likeness (QED) is 0.510. The number of nitrogens with one attached hydrogen (secondary N) is 1. The van der Waals surface area contributed by atoms with E-state index >= 15 is 0 Å². The maximum Gasteiger partial charge on any atom is 0.311 e. The Morgan fingerprint density at radius 2 is 1.90 bits per heavy atom. The summed E-state index contributed by atoms with van der Waals surface area (Å²) in [4.78, 5) is 38.8. The predicted octanol–water partition coefficient (Wildman–Crippen LogP) is 4.79. The van der Waals surface area contributed by atoms with Crippen molar-refractivity contribution in [2.45, 2.75) is 6.42 Å². The highest BCUT2D eigenvalue weighted by molar-refractivity contribution is 9.10. The first-order valence-electron chi connectivity index (χ1n) is 9.62. The van der Waals surface area contributed by atoms with Crippen LogP contribution in [0.3, 0.4) is 0 Å². The lowest BCUT2D eigenvalue weighted by Crippen LogP contribution is -2.28. The Hall–Kier alpha value is -2.90. The van der Waals surface area contributed by atoms with Crippen LogP contribution in [-0.4, -0.2) is 30.9 Å². The van der Waals surface area contributed by atoms with Crippen LogP contribution in [0.2, 0.25) is 5.02 Å². The van der Waals surface area contributed by atoms with Crippen molar-refractivity contribution in [3.8, 4) is 0 Å². The molecule has 1 atom stereocenters. The number of halogens is 2. The number of anilines is 2. The number of benzene rings is 3. The number of rotatable bonds is 5. The van der Waals surface area contributed by atoms with Gasteiger partial charge in [0, 0.05) is 28.5 Å². The molecule has 8 heteroatoms. The summed E-state index contributed by atoms with van der Waals surface area (Å²) in [7, 11) is 0. The number of carbonyl (C=O) groups excluding carboxylic acids is 3. The van der Waals surface area contributed by atoms with Crippen molar-refractivity contribution in [3.63, 3.8) is 0 Å². The summed E-state index contributed by atoms with van der Waals surface area (Å²) in [6.45, 7) is -0.221. The number of amides is 2. The van der Waals surface area contributed by atoms with Crippen molar-refractivity contribution in [1.29, 1.82) is 0 Å². The fourth-order valence-corrected chi connectivity index (χ4v) is 3.99. The summed E-state index contributed by atoms with van der Waals surface area (Å²) in [5.41, 5.74) is 1.26. The monoisotopic (exact) mass is 500 g/mol. The van der Waals surface area contributed by atoms with E-state index in [9.17, 15) is 14.4 Å². The number of esters is 1. The van der Waals surface area contributed by atoms with Gasteiger partial charge < -0.3 is 15.0 Å². The first-order valence-corrected chi connectivity index (χ1v) is 10.8. The molecule has 1 saturated heterocycles. The zero-order valence-corrected chi connectivity index (χ0v) is 18.7. The highest BCUT2D eigenvalue weighted by Gasteiger charge is 2.36. The molecule has 0 bridgehead atoms. The van der Waals surface area contributed by atoms with Gasteiger partial charge in [0.1, 0.15) is 0 Å². The summed E-state index contributed by atoms with van der Waals surface area (Å²) >= 11 is 9.28. The summed E-state index contributed by atoms with van der Waals surface area (Å²) in [6, 6.07) is 18.5. The van der Waals surface area contributed by atoms with Gasteiger partial charge in [-0.3, -0.25) is 14.4 Å². The second-order valence-electron chi connectivity index (χ2n) is 7.19. The van der Waals surface area contributed by atoms with Gasteiger partial charge in [-0.1, -0.05) is 48.0 Å². The van der Waals surface area contributed by atoms with Gasteiger partial charge in [0.2, 0.25) is 5.91 Å². The number of carbonyl (C=O) groups is 3. The predicted molar refractivity (Wildman–Crippen MR) is 123 cm³/mol. The molecule has 1 aliphatic rings. The number of ether oxygens (including phenoxy) is 1. The molecule has 4 rings (SSSR count). The van der Waals surface area contributed by atoms with Gasteiger partial charge in [-0.2, -0.15) is 0 Å². The first-order chi connectivity index (χ1) is 14.9. The summed E-state index contributed by atoms with van der Waals surface area (Å²) < 4.78 is 5.87. The van der Waals surface area contributed by atoms with Crippen LogP contribution in [-0.2, 0) is 19.1 Å². The number of nitrogens with zero attached hydrogens (tertiary/aromatic N) is 1. The van der Waals surface area contributed by atoms with E-state index in [2.05, 4.69) is 21.2 Å². The van der Waals surface area contributed by atoms with E-state index < -0.39 is 24.4 Å². The van der Waals surface area contributed by atoms with Crippen molar-refractivity contribution >= 4 is 67.5 Å². The van der Waals surface area contributed by atoms with E-state index in [1.54, 1.807) is 23.1 Å². The molecule has 3 aromatic rings. The lowest BCUT2D eigenvalue weighted by Gasteiger charge is -2.18. The van der Waals surface area contributed by atoms with Gasteiger partial charge in [-0.05, 0) is 45.6 Å². The number of hydrogen-bond acceptors (Lipinski definition) is 4. The maximum absolute atomic E-state index is 12.6. The molecule has 1 aliphatic heterocycles. The van der Waals surface area contributed by atoms with Gasteiger partial charge in [-0.25, -0.2) is 0 Å². The van der Waals surface area contributed by atoms with Gasteiger partial charge in [0.05, 0.1) is 16.6 Å². The molecule has 0 unspecified atom stereocenters. The van der Waals surface area contributed by atoms with E-state index in [-0.39, 0.29) is 18.9 Å². The van der Waals surface area contributed by atoms with Crippen molar-refractivity contribution < 1.29 is 19.1 Å². The maximum atomic E-state index is 12.6. The Balaban J connectivity index is 1.37. The molecule has 0 aliphatic carbocycles. The van der Waals surface area contributed by atoms with Gasteiger partial charge >= 0.3 is 5.97 Å². The van der Waals surface area contributed by atoms with Crippen LogP contribution in [0.25, 0.3) is 10.8 Å². The molecule has 31 heavy (non-hydrogen) atoms. The van der Waals surface area contributed by atoms with Crippen LogP contribution in [0.4, 0.5) is 11.4 Å². The molecule has 158 valence electrons. The number of hydrogen-bond donors (Lipinski definition) is 1. The molecule has 1 fully saturated rings. The van der Waals surface area contributed by atoms with E-state index in [1.807, 2.05) is 42.5 Å². The molecule has 3 aromatic carbocycles. The van der Waals surface area contributed by atoms with E-state index in [0.717, 1.165) is 16.5 Å². The van der Waals surface area contributed by atoms with Gasteiger partial charge in [0.25, 0.3) is 5.91 Å². The standard InChI is InChI=1S/C23H18BrClN2O4/c24-18-9-8-16(11-19(18)25)26-21(28)13-31-23(30)15-10-22(29)27(12-15)20-7-3-5-14-4-1-2-6-17(14)20/h1-9,11,15H,10,12-13H2,(H,26,28)/t15-/m1/s1. The Labute approximate surface area is 192 Å². The lowest BCUT2D eigenvalue weighted by atomic mass is 10.1. The molecular weight excluding hydrogens is 484 g/mol. The van der Waals surface area contributed by atoms with E-state index in [4.69, 9.17) is 16.3 Å². The largest absolute Gasteiger partial charge is 0.455 e. The summed E-state index contributed by atoms with van der Waals surface area (Å²) in [6.07, 6.45) is 0.0476. The minimum Gasteiger partial charge on any atom is -0.455 e. The van der Waals surface area contributed by atoms with Crippen LogP contribution >= 0.6 is 27.5 Å². The Morgan fingerprint density at radius 3 is 2.71 bits per heavy atom. The van der Waals surface area contributed by atoms with Crippen LogP contribution in [0.1, 0.15) is 6.42 Å².